The van der Waals surface area contributed by atoms with Gasteiger partial charge >= 0.3 is 7.69 Å². The van der Waals surface area contributed by atoms with Crippen LogP contribution in [-0.2, 0) is 0 Å². The minimum Gasteiger partial charge on any atom is -0.429 e. The molecule has 0 spiro atoms. The van der Waals surface area contributed by atoms with Crippen molar-refractivity contribution in [3.05, 3.63) is 0 Å². The molecule has 1 radical (unpaired) electrons. The van der Waals surface area contributed by atoms with E-state index in [-0.39, 0.29) is 7.69 Å². The molecule has 0 fully saturated rings. The normalized spacial score (nSPS) is 10.2. The summed E-state index contributed by atoms with van der Waals surface area (Å²) in [5.74, 6) is 0. The lowest BCUT2D eigenvalue weighted by molar-refractivity contribution is 0.448. The molecule has 133 valence electrons. The molecule has 0 aromatic carbocycles. The lowest BCUT2D eigenvalue weighted by atomic mass is 10.0. The Balaban J connectivity index is 0. The van der Waals surface area contributed by atoms with Gasteiger partial charge in [0.2, 0.25) is 0 Å². The molecule has 2 nitrogen and oxygen atoms in total. The van der Waals surface area contributed by atoms with E-state index in [1.807, 2.05) is 0 Å². The molecule has 0 aromatic heterocycles. The second kappa shape index (κ2) is 25.9. The second-order valence-electron chi connectivity index (χ2n) is 6.42. The zero-order chi connectivity index (χ0) is 16.7. The molecule has 0 saturated carbocycles. The van der Waals surface area contributed by atoms with Gasteiger partial charge in [-0.05, 0) is 0 Å². The third-order valence-corrected chi connectivity index (χ3v) is 4.21. The molecule has 0 aliphatic carbocycles. The maximum absolute atomic E-state index is 7.00. The van der Waals surface area contributed by atoms with Gasteiger partial charge in [0.25, 0.3) is 0 Å². The van der Waals surface area contributed by atoms with Crippen molar-refractivity contribution in [2.75, 3.05) is 0 Å². The maximum Gasteiger partial charge on any atom is 0.482 e. The Morgan fingerprint density at radius 2 is 0.545 bits per heavy atom. The Kier molecular flexibility index (Phi) is 28.6. The molecule has 0 aliphatic rings. The highest BCUT2D eigenvalue weighted by Gasteiger charge is 1.94. The highest BCUT2D eigenvalue weighted by atomic mass is 16.4. The molecule has 0 atom stereocenters. The van der Waals surface area contributed by atoms with Crippen molar-refractivity contribution in [2.24, 2.45) is 0 Å². The highest BCUT2D eigenvalue weighted by molar-refractivity contribution is 6.13. The maximum atomic E-state index is 7.00. The van der Waals surface area contributed by atoms with Crippen molar-refractivity contribution in [2.45, 2.75) is 123 Å². The van der Waals surface area contributed by atoms with E-state index in [2.05, 4.69) is 13.8 Å². The van der Waals surface area contributed by atoms with Gasteiger partial charge in [0, 0.05) is 0 Å². The molecule has 3 heteroatoms. The van der Waals surface area contributed by atoms with Crippen LogP contribution in [0.1, 0.15) is 123 Å². The first-order valence-electron chi connectivity index (χ1n) is 9.93. The molecule has 0 bridgehead atoms. The van der Waals surface area contributed by atoms with Gasteiger partial charge in [-0.1, -0.05) is 123 Å². The minimum atomic E-state index is 0. The molecule has 0 rings (SSSR count). The lowest BCUT2D eigenvalue weighted by Crippen LogP contribution is -1.83. The van der Waals surface area contributed by atoms with E-state index in [0.29, 0.717) is 0 Å². The molecule has 0 heterocycles. The number of rotatable bonds is 16. The topological polar surface area (TPSA) is 40.5 Å². The van der Waals surface area contributed by atoms with Crippen LogP contribution in [0.3, 0.4) is 0 Å². The SMILES string of the molecule is CCCCCCCCCCCCCCCCCCC.O[B]O. The van der Waals surface area contributed by atoms with Crippen molar-refractivity contribution in [3.8, 4) is 0 Å². The fourth-order valence-corrected chi connectivity index (χ4v) is 2.80. The molecular weight excluding hydrogens is 271 g/mol. The predicted octanol–water partition coefficient (Wildman–Crippen LogP) is 6.16. The monoisotopic (exact) mass is 313 g/mol. The summed E-state index contributed by atoms with van der Waals surface area (Å²) in [6.07, 6.45) is 24.9. The van der Waals surface area contributed by atoms with Crippen molar-refractivity contribution in [1.82, 2.24) is 0 Å². The van der Waals surface area contributed by atoms with Gasteiger partial charge in [-0.3, -0.25) is 0 Å². The van der Waals surface area contributed by atoms with Crippen LogP contribution in [0.15, 0.2) is 0 Å². The van der Waals surface area contributed by atoms with Crippen LogP contribution in [0.2, 0.25) is 0 Å². The summed E-state index contributed by atoms with van der Waals surface area (Å²) in [6.45, 7) is 4.59. The average Bonchev–Trinajstić information content (AvgIpc) is 2.52. The Bertz CT molecular complexity index is 150. The predicted molar refractivity (Wildman–Crippen MR) is 100 cm³/mol. The summed E-state index contributed by atoms with van der Waals surface area (Å²) in [7, 11) is 0. The standard InChI is InChI=1S/C19H40.BH2O2/c1-3-5-7-9-11-13-15-17-19-18-16-14-12-10-8-6-4-2;2-1-3/h3-19H2,1-2H3;2-3H. The van der Waals surface area contributed by atoms with Crippen LogP contribution in [0.5, 0.6) is 0 Å². The van der Waals surface area contributed by atoms with Crippen molar-refractivity contribution in [3.63, 3.8) is 0 Å². The summed E-state index contributed by atoms with van der Waals surface area (Å²) in [6, 6.07) is 0. The minimum absolute atomic E-state index is 0. The van der Waals surface area contributed by atoms with Crippen LogP contribution in [0, 0.1) is 0 Å². The Morgan fingerprint density at radius 3 is 0.682 bits per heavy atom. The smallest absolute Gasteiger partial charge is 0.429 e. The molecule has 0 aliphatic heterocycles. The number of hydrogen-bond donors (Lipinski definition) is 2. The zero-order valence-corrected chi connectivity index (χ0v) is 15.5. The van der Waals surface area contributed by atoms with E-state index in [1.54, 1.807) is 0 Å². The molecule has 0 saturated heterocycles. The fraction of sp³-hybridized carbons (Fsp3) is 1.00. The Hall–Kier alpha value is -0.0151. The van der Waals surface area contributed by atoms with E-state index < -0.39 is 0 Å². The summed E-state index contributed by atoms with van der Waals surface area (Å²) >= 11 is 0. The van der Waals surface area contributed by atoms with Gasteiger partial charge in [0.05, 0.1) is 0 Å². The molecule has 0 amide bonds. The van der Waals surface area contributed by atoms with Crippen molar-refractivity contribution >= 4 is 7.69 Å². The van der Waals surface area contributed by atoms with Crippen LogP contribution in [0.4, 0.5) is 0 Å². The van der Waals surface area contributed by atoms with Gasteiger partial charge in [-0.25, -0.2) is 0 Å². The van der Waals surface area contributed by atoms with Gasteiger partial charge < -0.3 is 10.0 Å². The third-order valence-electron chi connectivity index (χ3n) is 4.21. The quantitative estimate of drug-likeness (QED) is 0.264. The van der Waals surface area contributed by atoms with Crippen molar-refractivity contribution in [1.29, 1.82) is 0 Å². The first kappa shape index (κ1) is 24.2. The van der Waals surface area contributed by atoms with Gasteiger partial charge in [-0.2, -0.15) is 0 Å². The first-order chi connectivity index (χ1) is 10.8. The molecule has 0 unspecified atom stereocenters. The van der Waals surface area contributed by atoms with Gasteiger partial charge in [0.15, 0.2) is 0 Å². The second-order valence-corrected chi connectivity index (χ2v) is 6.42. The van der Waals surface area contributed by atoms with Crippen molar-refractivity contribution < 1.29 is 10.0 Å². The van der Waals surface area contributed by atoms with Gasteiger partial charge in [-0.15, -0.1) is 0 Å². The largest absolute Gasteiger partial charge is 0.482 e. The summed E-state index contributed by atoms with van der Waals surface area (Å²) in [5.41, 5.74) is 0. The number of unbranched alkanes of at least 4 members (excludes halogenated alkanes) is 16. The molecule has 22 heavy (non-hydrogen) atoms. The van der Waals surface area contributed by atoms with E-state index >= 15 is 0 Å². The van der Waals surface area contributed by atoms with Gasteiger partial charge in [0.1, 0.15) is 0 Å². The van der Waals surface area contributed by atoms with Crippen LogP contribution in [0.25, 0.3) is 0 Å². The summed E-state index contributed by atoms with van der Waals surface area (Å²) < 4.78 is 0. The number of hydrogen-bond acceptors (Lipinski definition) is 2. The lowest BCUT2D eigenvalue weighted by Gasteiger charge is -2.03. The molecular formula is C19H42BO2. The third kappa shape index (κ3) is 28.2. The zero-order valence-electron chi connectivity index (χ0n) is 15.5. The Labute approximate surface area is 141 Å². The summed E-state index contributed by atoms with van der Waals surface area (Å²) in [5, 5.41) is 14.0. The highest BCUT2D eigenvalue weighted by Crippen LogP contribution is 2.13. The van der Waals surface area contributed by atoms with E-state index in [1.165, 1.54) is 109 Å². The average molecular weight is 313 g/mol. The van der Waals surface area contributed by atoms with Crippen LogP contribution in [-0.4, -0.2) is 17.7 Å². The van der Waals surface area contributed by atoms with E-state index in [0.717, 1.165) is 0 Å². The molecule has 0 aromatic rings. The van der Waals surface area contributed by atoms with Crippen LogP contribution >= 0.6 is 0 Å². The van der Waals surface area contributed by atoms with E-state index in [4.69, 9.17) is 10.0 Å². The first-order valence-corrected chi connectivity index (χ1v) is 9.93. The van der Waals surface area contributed by atoms with E-state index in [9.17, 15) is 0 Å². The summed E-state index contributed by atoms with van der Waals surface area (Å²) in [4.78, 5) is 0. The van der Waals surface area contributed by atoms with Crippen LogP contribution < -0.4 is 0 Å². The Morgan fingerprint density at radius 1 is 0.409 bits per heavy atom. The molecule has 2 N–H and O–H groups in total. The fourth-order valence-electron chi connectivity index (χ4n) is 2.80.